The number of hydrogen-bond acceptors (Lipinski definition) is 17. The number of aromatic nitrogens is 5. The number of aliphatic hydroxyl groups is 10. The zero-order valence-corrected chi connectivity index (χ0v) is 34.3. The monoisotopic (exact) mass is 861 g/mol. The summed E-state index contributed by atoms with van der Waals surface area (Å²) in [5.74, 6) is 0.0749. The molecule has 4 heterocycles. The van der Waals surface area contributed by atoms with Gasteiger partial charge in [0.25, 0.3) is 17.6 Å². The Hall–Kier alpha value is -4.43. The van der Waals surface area contributed by atoms with E-state index in [0.29, 0.717) is 68.8 Å². The van der Waals surface area contributed by atoms with Gasteiger partial charge < -0.3 is 77.3 Å². The van der Waals surface area contributed by atoms with Gasteiger partial charge in [0, 0.05) is 50.0 Å². The number of likely N-dealkylation sites (tertiary alicyclic amines) is 1. The fourth-order valence-electron chi connectivity index (χ4n) is 7.86. The van der Waals surface area contributed by atoms with Gasteiger partial charge in [-0.2, -0.15) is 0 Å². The maximum absolute atomic E-state index is 13.4. The number of rotatable bonds is 22. The van der Waals surface area contributed by atoms with Crippen molar-refractivity contribution in [3.8, 4) is 0 Å². The summed E-state index contributed by atoms with van der Waals surface area (Å²) in [6.07, 6.45) is -11.7. The minimum Gasteiger partial charge on any atom is -0.394 e. The third-order valence-corrected chi connectivity index (χ3v) is 11.4. The number of hydrogen-bond donors (Lipinski definition) is 14. The van der Waals surface area contributed by atoms with Crippen molar-refractivity contribution < 1.29 is 65.2 Å². The summed E-state index contributed by atoms with van der Waals surface area (Å²) in [5.41, 5.74) is 9.21. The smallest absolute Gasteiger partial charge is 0.277 e. The number of imidazole rings is 1. The van der Waals surface area contributed by atoms with Gasteiger partial charge in [0.15, 0.2) is 28.2 Å². The van der Waals surface area contributed by atoms with Crippen molar-refractivity contribution >= 4 is 39.8 Å². The van der Waals surface area contributed by atoms with Gasteiger partial charge in [-0.3, -0.25) is 14.5 Å². The molecule has 61 heavy (non-hydrogen) atoms. The van der Waals surface area contributed by atoms with Crippen LogP contribution in [0.2, 0.25) is 0 Å². The Kier molecular flexibility index (Phi) is 16.8. The molecule has 3 aromatic heterocycles. The van der Waals surface area contributed by atoms with Crippen LogP contribution in [0.3, 0.4) is 0 Å². The van der Waals surface area contributed by atoms with Crippen LogP contribution in [0, 0.1) is 0 Å². The number of nitrogens with two attached hydrogens (primary N) is 1. The van der Waals surface area contributed by atoms with Gasteiger partial charge in [-0.05, 0) is 58.0 Å². The zero-order valence-electron chi connectivity index (χ0n) is 34.3. The van der Waals surface area contributed by atoms with E-state index in [0.717, 1.165) is 16.9 Å². The predicted octanol–water partition coefficient (Wildman–Crippen LogP) is -4.88. The first-order valence-corrected chi connectivity index (χ1v) is 20.5. The Labute approximate surface area is 351 Å². The number of carbonyl (C=O) groups excluding carboxylic acids is 2. The summed E-state index contributed by atoms with van der Waals surface area (Å²) in [5, 5.41) is 107. The molecule has 0 saturated carbocycles. The summed E-state index contributed by atoms with van der Waals surface area (Å²) >= 11 is 0. The van der Waals surface area contributed by atoms with Gasteiger partial charge in [0.2, 0.25) is 0 Å². The van der Waals surface area contributed by atoms with Crippen LogP contribution in [-0.4, -0.2) is 200 Å². The molecule has 4 aromatic rings. The van der Waals surface area contributed by atoms with Crippen LogP contribution in [0.4, 0.5) is 5.82 Å². The molecule has 338 valence electrons. The number of anilines is 1. The zero-order chi connectivity index (χ0) is 44.5. The van der Waals surface area contributed by atoms with Crippen molar-refractivity contribution in [3.63, 3.8) is 0 Å². The molecule has 1 saturated heterocycles. The third-order valence-electron chi connectivity index (χ3n) is 11.4. The van der Waals surface area contributed by atoms with Crippen LogP contribution in [0.25, 0.3) is 22.2 Å². The van der Waals surface area contributed by atoms with E-state index in [4.69, 9.17) is 15.9 Å². The first kappa shape index (κ1) is 47.6. The number of nitrogen functional groups attached to an aromatic ring is 1. The number of piperidine rings is 1. The largest absolute Gasteiger partial charge is 0.394 e. The molecular weight excluding hydrogens is 800 g/mol. The topological polar surface area (TPSA) is 343 Å². The highest BCUT2D eigenvalue weighted by molar-refractivity contribution is 5.98. The van der Waals surface area contributed by atoms with E-state index in [1.807, 2.05) is 30.5 Å². The molecule has 1 fully saturated rings. The Morgan fingerprint density at radius 3 is 2.05 bits per heavy atom. The molecule has 0 radical (unpaired) electrons. The average Bonchev–Trinajstić information content (AvgIpc) is 3.86. The lowest BCUT2D eigenvalue weighted by atomic mass is 9.97. The fourth-order valence-corrected chi connectivity index (χ4v) is 7.86. The Morgan fingerprint density at radius 1 is 0.869 bits per heavy atom. The number of aliphatic hydroxyl groups excluding tert-OH is 10. The number of amides is 2. The molecule has 15 N–H and O–H groups in total. The molecule has 22 nitrogen and oxygen atoms in total. The van der Waals surface area contributed by atoms with E-state index < -0.39 is 68.0 Å². The van der Waals surface area contributed by atoms with Crippen LogP contribution in [0.15, 0.2) is 30.5 Å². The summed E-state index contributed by atoms with van der Waals surface area (Å²) in [7, 11) is 0. The number of aryl methyl sites for hydroxylation is 2. The van der Waals surface area contributed by atoms with Gasteiger partial charge in [-0.25, -0.2) is 19.1 Å². The van der Waals surface area contributed by atoms with E-state index in [1.165, 1.54) is 0 Å². The number of fused-ring (bicyclic) bond motifs is 2. The molecule has 1 aromatic carbocycles. The van der Waals surface area contributed by atoms with Crippen LogP contribution in [0.5, 0.6) is 0 Å². The highest BCUT2D eigenvalue weighted by atomic mass is 16.4. The average molecular weight is 862 g/mol. The molecule has 0 bridgehead atoms. The van der Waals surface area contributed by atoms with Gasteiger partial charge in [-0.1, -0.05) is 0 Å². The van der Waals surface area contributed by atoms with E-state index in [2.05, 4.69) is 35.1 Å². The van der Waals surface area contributed by atoms with Crippen LogP contribution < -0.4 is 20.9 Å². The first-order chi connectivity index (χ1) is 29.1. The second-order valence-corrected chi connectivity index (χ2v) is 15.3. The van der Waals surface area contributed by atoms with Crippen molar-refractivity contribution in [1.29, 1.82) is 0 Å². The molecule has 5 rings (SSSR count). The summed E-state index contributed by atoms with van der Waals surface area (Å²) < 4.78 is 4.10. The van der Waals surface area contributed by atoms with E-state index in [-0.39, 0.29) is 43.1 Å². The van der Waals surface area contributed by atoms with Gasteiger partial charge in [0.1, 0.15) is 48.7 Å². The second kappa shape index (κ2) is 21.6. The molecular formula is C39H61N10O12+. The van der Waals surface area contributed by atoms with Crippen molar-refractivity contribution in [2.24, 2.45) is 0 Å². The molecule has 8 atom stereocenters. The third kappa shape index (κ3) is 11.2. The molecule has 0 aliphatic carbocycles. The summed E-state index contributed by atoms with van der Waals surface area (Å²) in [6.45, 7) is 4.76. The van der Waals surface area contributed by atoms with Gasteiger partial charge >= 0.3 is 0 Å². The van der Waals surface area contributed by atoms with Crippen LogP contribution in [-0.2, 0) is 19.6 Å². The van der Waals surface area contributed by atoms with Crippen LogP contribution >= 0.6 is 0 Å². The Balaban J connectivity index is 1.19. The molecule has 2 amide bonds. The molecule has 8 unspecified atom stereocenters. The normalized spacial score (nSPS) is 18.2. The highest BCUT2D eigenvalue weighted by Gasteiger charge is 2.37. The van der Waals surface area contributed by atoms with Crippen LogP contribution in [0.1, 0.15) is 53.4 Å². The SMILES string of the molecule is CCn1c(CNC(=O)c2nc3cc[nH]c3nc2N)[n+](CC)c2ccc(C(=O)NCCN3CCC(N(CC(O)C(O)C(O)C(O)CO)CC(O)C(O)C(O)C(O)CO)CC3)cc21. The fraction of sp³-hybridized carbons (Fsp3) is 0.615. The lowest BCUT2D eigenvalue weighted by Crippen LogP contribution is -2.56. The second-order valence-electron chi connectivity index (χ2n) is 15.3. The molecule has 22 heteroatoms. The van der Waals surface area contributed by atoms with E-state index in [9.17, 15) is 50.4 Å². The van der Waals surface area contributed by atoms with E-state index in [1.54, 1.807) is 23.2 Å². The molecule has 1 aliphatic heterocycles. The minimum absolute atomic E-state index is 0.00690. The Bertz CT molecular complexity index is 2030. The van der Waals surface area contributed by atoms with Crippen molar-refractivity contribution in [2.75, 3.05) is 58.2 Å². The summed E-state index contributed by atoms with van der Waals surface area (Å²) in [6, 6.07) is 6.81. The van der Waals surface area contributed by atoms with Crippen molar-refractivity contribution in [1.82, 2.24) is 40.0 Å². The molecule has 1 aliphatic rings. The Morgan fingerprint density at radius 2 is 1.48 bits per heavy atom. The number of carbonyl (C=O) groups is 2. The number of aromatic amines is 1. The quantitative estimate of drug-likeness (QED) is 0.0329. The number of nitrogens with one attached hydrogen (secondary N) is 3. The first-order valence-electron chi connectivity index (χ1n) is 20.5. The van der Waals surface area contributed by atoms with E-state index >= 15 is 0 Å². The van der Waals surface area contributed by atoms with Crippen molar-refractivity contribution in [2.45, 2.75) is 101 Å². The maximum Gasteiger partial charge on any atom is 0.277 e. The molecule has 0 spiro atoms. The van der Waals surface area contributed by atoms with Crippen molar-refractivity contribution in [3.05, 3.63) is 47.5 Å². The maximum atomic E-state index is 13.4. The highest BCUT2D eigenvalue weighted by Crippen LogP contribution is 2.22. The lowest BCUT2D eigenvalue weighted by molar-refractivity contribution is -0.676. The number of nitrogens with zero attached hydrogens (tertiary/aromatic N) is 6. The number of H-pyrrole nitrogens is 1. The van der Waals surface area contributed by atoms with Gasteiger partial charge in [0.05, 0.1) is 38.5 Å². The minimum atomic E-state index is -1.88. The number of benzene rings is 1. The standard InChI is InChI=1S/C39H60N10O12/c1-3-48-24-6-5-21(15-25(24)49(4-2)30(48)16-43-39(61)31-36(40)45-37-23(44-31)7-10-41-37)38(60)42-11-14-46-12-8-22(9-13-46)47(17-26(52)32(56)34(58)28(54)19-50)18-27(53)33(57)35(59)29(55)20-51/h5-7,10,15,22,26-29,32-35,50-59H,3-4,8-9,11-14,16-20H2,1-2H3,(H4-,40,41,42,43,44,45,60,61)/p+1. The predicted molar refractivity (Wildman–Crippen MR) is 219 cm³/mol. The summed E-state index contributed by atoms with van der Waals surface area (Å²) in [4.78, 5) is 41.8. The van der Waals surface area contributed by atoms with Gasteiger partial charge in [-0.15, -0.1) is 0 Å². The lowest BCUT2D eigenvalue weighted by Gasteiger charge is -2.41.